The van der Waals surface area contributed by atoms with E-state index in [0.717, 1.165) is 5.75 Å². The van der Waals surface area contributed by atoms with Crippen molar-refractivity contribution in [3.63, 3.8) is 0 Å². The first-order chi connectivity index (χ1) is 6.34. The zero-order valence-corrected chi connectivity index (χ0v) is 7.19. The number of nitrogens with one attached hydrogen (secondary N) is 1. The highest BCUT2D eigenvalue weighted by molar-refractivity contribution is 5.28. The lowest BCUT2D eigenvalue weighted by Gasteiger charge is -2.00. The largest absolute Gasteiger partial charge is 0.436 e. The fourth-order valence-electron chi connectivity index (χ4n) is 0.967. The molecule has 1 aromatic carbocycles. The van der Waals surface area contributed by atoms with Gasteiger partial charge in [-0.15, -0.1) is 5.10 Å². The number of H-pyrrole nitrogens is 1. The Balaban J connectivity index is 2.15. The van der Waals surface area contributed by atoms with Gasteiger partial charge in [0, 0.05) is 0 Å². The first kappa shape index (κ1) is 7.79. The fraction of sp³-hybridized carbons (Fsp3) is 0.111. The first-order valence-electron chi connectivity index (χ1n) is 3.95. The van der Waals surface area contributed by atoms with Crippen molar-refractivity contribution in [2.24, 2.45) is 0 Å². The maximum absolute atomic E-state index is 5.37. The minimum absolute atomic E-state index is 0.476. The molecule has 1 aromatic heterocycles. The monoisotopic (exact) mass is 175 g/mol. The predicted octanol–water partition coefficient (Wildman–Crippen LogP) is 1.91. The van der Waals surface area contributed by atoms with Gasteiger partial charge in [0.05, 0.1) is 0 Å². The van der Waals surface area contributed by atoms with Crippen molar-refractivity contribution in [3.8, 4) is 11.6 Å². The second kappa shape index (κ2) is 3.26. The van der Waals surface area contributed by atoms with Crippen LogP contribution in [0.1, 0.15) is 5.56 Å². The summed E-state index contributed by atoms with van der Waals surface area (Å²) in [6.45, 7) is 2.03. The summed E-state index contributed by atoms with van der Waals surface area (Å²) in [6.07, 6.45) is 1.53. The van der Waals surface area contributed by atoms with Gasteiger partial charge in [0.25, 0.3) is 5.88 Å². The number of hydrogen-bond donors (Lipinski definition) is 1. The number of rotatable bonds is 2. The summed E-state index contributed by atoms with van der Waals surface area (Å²) in [5.41, 5.74) is 1.20. The van der Waals surface area contributed by atoms with Crippen LogP contribution in [0.5, 0.6) is 11.6 Å². The molecule has 13 heavy (non-hydrogen) atoms. The van der Waals surface area contributed by atoms with E-state index in [1.807, 2.05) is 31.2 Å². The normalized spacial score (nSPS) is 9.92. The van der Waals surface area contributed by atoms with Crippen LogP contribution in [0.3, 0.4) is 0 Å². The molecule has 4 nitrogen and oxygen atoms in total. The van der Waals surface area contributed by atoms with Crippen LogP contribution in [-0.2, 0) is 0 Å². The van der Waals surface area contributed by atoms with Gasteiger partial charge >= 0.3 is 0 Å². The highest BCUT2D eigenvalue weighted by Gasteiger charge is 1.97. The Morgan fingerprint density at radius 2 is 2.00 bits per heavy atom. The van der Waals surface area contributed by atoms with Crippen LogP contribution in [0.25, 0.3) is 0 Å². The Bertz CT molecular complexity index is 366. The number of nitrogens with zero attached hydrogens (tertiary/aromatic N) is 2. The van der Waals surface area contributed by atoms with Crippen molar-refractivity contribution < 1.29 is 4.74 Å². The highest BCUT2D eigenvalue weighted by atomic mass is 16.5. The van der Waals surface area contributed by atoms with E-state index in [0.29, 0.717) is 5.88 Å². The SMILES string of the molecule is Cc1ccc(Oc2cn[nH]n2)cc1. The first-order valence-corrected chi connectivity index (χ1v) is 3.95. The molecule has 4 heteroatoms. The second-order valence-corrected chi connectivity index (χ2v) is 2.72. The molecule has 0 aliphatic heterocycles. The molecule has 0 amide bonds. The molecule has 0 saturated carbocycles. The van der Waals surface area contributed by atoms with E-state index in [9.17, 15) is 0 Å². The molecule has 1 heterocycles. The van der Waals surface area contributed by atoms with Gasteiger partial charge in [0.2, 0.25) is 0 Å². The molecule has 0 spiro atoms. The Kier molecular flexibility index (Phi) is 1.96. The topological polar surface area (TPSA) is 50.8 Å². The lowest BCUT2D eigenvalue weighted by Crippen LogP contribution is -1.83. The summed E-state index contributed by atoms with van der Waals surface area (Å²) in [4.78, 5) is 0. The van der Waals surface area contributed by atoms with Crippen molar-refractivity contribution >= 4 is 0 Å². The second-order valence-electron chi connectivity index (χ2n) is 2.72. The van der Waals surface area contributed by atoms with E-state index in [1.54, 1.807) is 0 Å². The molecule has 2 aromatic rings. The van der Waals surface area contributed by atoms with Crippen molar-refractivity contribution in [1.29, 1.82) is 0 Å². The quantitative estimate of drug-likeness (QED) is 0.758. The molecule has 2 rings (SSSR count). The number of aromatic amines is 1. The maximum Gasteiger partial charge on any atom is 0.258 e. The number of aromatic nitrogens is 3. The third-order valence-corrected chi connectivity index (χ3v) is 1.64. The third kappa shape index (κ3) is 1.84. The van der Waals surface area contributed by atoms with Gasteiger partial charge in [0.1, 0.15) is 11.9 Å². The highest BCUT2D eigenvalue weighted by Crippen LogP contribution is 2.17. The molecule has 1 N–H and O–H groups in total. The number of ether oxygens (including phenoxy) is 1. The molecular weight excluding hydrogens is 166 g/mol. The molecular formula is C9H9N3O. The Labute approximate surface area is 75.6 Å². The molecule has 66 valence electrons. The van der Waals surface area contributed by atoms with Crippen molar-refractivity contribution in [3.05, 3.63) is 36.0 Å². The van der Waals surface area contributed by atoms with E-state index < -0.39 is 0 Å². The van der Waals surface area contributed by atoms with Gasteiger partial charge < -0.3 is 4.74 Å². The molecule has 0 fully saturated rings. The van der Waals surface area contributed by atoms with Gasteiger partial charge in [-0.3, -0.25) is 0 Å². The number of aryl methyl sites for hydroxylation is 1. The summed E-state index contributed by atoms with van der Waals surface area (Å²) in [5, 5.41) is 9.89. The minimum Gasteiger partial charge on any atom is -0.436 e. The van der Waals surface area contributed by atoms with E-state index in [2.05, 4.69) is 15.4 Å². The van der Waals surface area contributed by atoms with Crippen molar-refractivity contribution in [2.75, 3.05) is 0 Å². The fourth-order valence-corrected chi connectivity index (χ4v) is 0.967. The molecule has 0 bridgehead atoms. The summed E-state index contributed by atoms with van der Waals surface area (Å²) in [7, 11) is 0. The Hall–Kier alpha value is -1.84. The lowest BCUT2D eigenvalue weighted by molar-refractivity contribution is 0.461. The van der Waals surface area contributed by atoms with Crippen LogP contribution in [0.15, 0.2) is 30.5 Å². The predicted molar refractivity (Wildman–Crippen MR) is 47.6 cm³/mol. The van der Waals surface area contributed by atoms with Crippen LogP contribution >= 0.6 is 0 Å². The van der Waals surface area contributed by atoms with Crippen LogP contribution in [-0.4, -0.2) is 15.4 Å². The zero-order valence-electron chi connectivity index (χ0n) is 7.19. The zero-order chi connectivity index (χ0) is 9.10. The Morgan fingerprint density at radius 1 is 1.23 bits per heavy atom. The average molecular weight is 175 g/mol. The van der Waals surface area contributed by atoms with Gasteiger partial charge in [-0.05, 0) is 19.1 Å². The van der Waals surface area contributed by atoms with Crippen LogP contribution in [0.2, 0.25) is 0 Å². The molecule has 0 aliphatic rings. The van der Waals surface area contributed by atoms with E-state index in [4.69, 9.17) is 4.74 Å². The Morgan fingerprint density at radius 3 is 2.62 bits per heavy atom. The number of benzene rings is 1. The van der Waals surface area contributed by atoms with Crippen LogP contribution in [0, 0.1) is 6.92 Å². The average Bonchev–Trinajstić information content (AvgIpc) is 2.62. The van der Waals surface area contributed by atoms with Crippen LogP contribution < -0.4 is 4.74 Å². The van der Waals surface area contributed by atoms with E-state index >= 15 is 0 Å². The summed E-state index contributed by atoms with van der Waals surface area (Å²) >= 11 is 0. The molecule has 0 atom stereocenters. The van der Waals surface area contributed by atoms with Gasteiger partial charge in [0.15, 0.2) is 0 Å². The maximum atomic E-state index is 5.37. The van der Waals surface area contributed by atoms with E-state index in [1.165, 1.54) is 11.8 Å². The standard InChI is InChI=1S/C9H9N3O/c1-7-2-4-8(5-3-7)13-9-6-10-12-11-9/h2-6H,1H3,(H,10,11,12). The van der Waals surface area contributed by atoms with Crippen LogP contribution in [0.4, 0.5) is 0 Å². The van der Waals surface area contributed by atoms with Crippen molar-refractivity contribution in [2.45, 2.75) is 6.92 Å². The molecule has 0 unspecified atom stereocenters. The smallest absolute Gasteiger partial charge is 0.258 e. The van der Waals surface area contributed by atoms with Gasteiger partial charge in [-0.25, -0.2) is 0 Å². The molecule has 0 aliphatic carbocycles. The van der Waals surface area contributed by atoms with E-state index in [-0.39, 0.29) is 0 Å². The summed E-state index contributed by atoms with van der Waals surface area (Å²) in [5.74, 6) is 1.24. The third-order valence-electron chi connectivity index (χ3n) is 1.64. The lowest BCUT2D eigenvalue weighted by atomic mass is 10.2. The summed E-state index contributed by atoms with van der Waals surface area (Å²) in [6, 6.07) is 7.75. The van der Waals surface area contributed by atoms with Gasteiger partial charge in [-0.2, -0.15) is 10.3 Å². The number of hydrogen-bond acceptors (Lipinski definition) is 3. The minimum atomic E-state index is 0.476. The van der Waals surface area contributed by atoms with Crippen molar-refractivity contribution in [1.82, 2.24) is 15.4 Å². The molecule has 0 saturated heterocycles. The van der Waals surface area contributed by atoms with Gasteiger partial charge in [-0.1, -0.05) is 17.7 Å². The molecule has 0 radical (unpaired) electrons. The summed E-state index contributed by atoms with van der Waals surface area (Å²) < 4.78 is 5.37.